The predicted octanol–water partition coefficient (Wildman–Crippen LogP) is 3.07. The van der Waals surface area contributed by atoms with Crippen molar-refractivity contribution in [1.29, 1.82) is 0 Å². The summed E-state index contributed by atoms with van der Waals surface area (Å²) in [6, 6.07) is 9.69. The first kappa shape index (κ1) is 13.8. The van der Waals surface area contributed by atoms with E-state index in [9.17, 15) is 14.9 Å². The van der Waals surface area contributed by atoms with Crippen LogP contribution in [0.3, 0.4) is 0 Å². The molecule has 0 bridgehead atoms. The zero-order valence-electron chi connectivity index (χ0n) is 11.0. The van der Waals surface area contributed by atoms with Gasteiger partial charge >= 0.3 is 0 Å². The van der Waals surface area contributed by atoms with Gasteiger partial charge in [-0.05, 0) is 25.1 Å². The molecular weight excluding hydrogens is 260 g/mol. The molecule has 104 valence electrons. The zero-order valence-corrected chi connectivity index (χ0v) is 11.0. The monoisotopic (exact) mass is 274 g/mol. The van der Waals surface area contributed by atoms with E-state index < -0.39 is 4.92 Å². The molecule has 2 aromatic rings. The summed E-state index contributed by atoms with van der Waals surface area (Å²) in [5.41, 5.74) is 0.0906. The summed E-state index contributed by atoms with van der Waals surface area (Å²) in [5, 5.41) is 13.4. The molecule has 0 aliphatic rings. The van der Waals surface area contributed by atoms with Crippen molar-refractivity contribution in [1.82, 2.24) is 0 Å². The number of carbonyl (C=O) groups is 1. The summed E-state index contributed by atoms with van der Waals surface area (Å²) in [6.07, 6.45) is 0.666. The van der Waals surface area contributed by atoms with Crippen LogP contribution in [0.25, 0.3) is 0 Å². The predicted molar refractivity (Wildman–Crippen MR) is 73.5 cm³/mol. The lowest BCUT2D eigenvalue weighted by Crippen LogP contribution is -2.13. The van der Waals surface area contributed by atoms with E-state index in [1.165, 1.54) is 12.1 Å². The Balaban J connectivity index is 1.96. The van der Waals surface area contributed by atoms with Crippen LogP contribution in [0.1, 0.15) is 17.9 Å². The third-order valence-electron chi connectivity index (χ3n) is 2.77. The van der Waals surface area contributed by atoms with Crippen LogP contribution in [0.4, 0.5) is 11.4 Å². The molecule has 0 fully saturated rings. The number of amides is 1. The second kappa shape index (κ2) is 6.01. The lowest BCUT2D eigenvalue weighted by molar-refractivity contribution is -0.383. The highest BCUT2D eigenvalue weighted by atomic mass is 16.6. The molecule has 20 heavy (non-hydrogen) atoms. The molecule has 1 N–H and O–H groups in total. The van der Waals surface area contributed by atoms with E-state index in [4.69, 9.17) is 4.42 Å². The average Bonchev–Trinajstić information content (AvgIpc) is 2.83. The minimum atomic E-state index is -0.522. The van der Waals surface area contributed by atoms with Gasteiger partial charge in [0.25, 0.3) is 5.69 Å². The molecule has 0 unspecified atom stereocenters. The molecule has 1 amide bonds. The summed E-state index contributed by atoms with van der Waals surface area (Å²) in [4.78, 5) is 22.1. The first-order valence-corrected chi connectivity index (χ1v) is 6.15. The van der Waals surface area contributed by atoms with E-state index in [2.05, 4.69) is 5.32 Å². The number of nitro benzene ring substituents is 1. The van der Waals surface area contributed by atoms with Crippen molar-refractivity contribution in [2.75, 3.05) is 5.32 Å². The SMILES string of the molecule is Cc1ccc(CCC(=O)Nc2ccccc2[N+](=O)[O-])o1. The number of nitro groups is 1. The van der Waals surface area contributed by atoms with Gasteiger partial charge in [-0.15, -0.1) is 0 Å². The van der Waals surface area contributed by atoms with Crippen LogP contribution in [0.5, 0.6) is 0 Å². The largest absolute Gasteiger partial charge is 0.466 e. The molecule has 0 spiro atoms. The fourth-order valence-corrected chi connectivity index (χ4v) is 1.81. The lowest BCUT2D eigenvalue weighted by Gasteiger charge is -2.05. The summed E-state index contributed by atoms with van der Waals surface area (Å²) in [5.74, 6) is 1.23. The highest BCUT2D eigenvalue weighted by molar-refractivity contribution is 5.93. The standard InChI is InChI=1S/C14H14N2O4/c1-10-6-7-11(20-10)8-9-14(17)15-12-4-2-3-5-13(12)16(18)19/h2-7H,8-9H2,1H3,(H,15,17). The Labute approximate surface area is 115 Å². The number of carbonyl (C=O) groups excluding carboxylic acids is 1. The van der Waals surface area contributed by atoms with Crippen molar-refractivity contribution >= 4 is 17.3 Å². The second-order valence-corrected chi connectivity index (χ2v) is 4.33. The van der Waals surface area contributed by atoms with E-state index in [0.29, 0.717) is 6.42 Å². The molecule has 6 heteroatoms. The number of anilines is 1. The molecule has 2 rings (SSSR count). The van der Waals surface area contributed by atoms with Crippen LogP contribution in [0.15, 0.2) is 40.8 Å². The second-order valence-electron chi connectivity index (χ2n) is 4.33. The highest BCUT2D eigenvalue weighted by Gasteiger charge is 2.14. The van der Waals surface area contributed by atoms with Crippen LogP contribution in [0, 0.1) is 17.0 Å². The van der Waals surface area contributed by atoms with Crippen molar-refractivity contribution in [3.05, 3.63) is 58.0 Å². The van der Waals surface area contributed by atoms with Crippen molar-refractivity contribution in [2.45, 2.75) is 19.8 Å². The number of aryl methyl sites for hydroxylation is 2. The molecule has 6 nitrogen and oxygen atoms in total. The number of nitrogens with one attached hydrogen (secondary N) is 1. The van der Waals surface area contributed by atoms with Crippen molar-refractivity contribution in [2.24, 2.45) is 0 Å². The van der Waals surface area contributed by atoms with Gasteiger partial charge in [0.2, 0.25) is 5.91 Å². The van der Waals surface area contributed by atoms with Crippen molar-refractivity contribution < 1.29 is 14.1 Å². The maximum atomic E-state index is 11.8. The molecule has 1 heterocycles. The van der Waals surface area contributed by atoms with Gasteiger partial charge < -0.3 is 9.73 Å². The average molecular weight is 274 g/mol. The molecule has 0 saturated carbocycles. The number of hydrogen-bond acceptors (Lipinski definition) is 4. The quantitative estimate of drug-likeness (QED) is 0.670. The summed E-state index contributed by atoms with van der Waals surface area (Å²) in [6.45, 7) is 1.83. The summed E-state index contributed by atoms with van der Waals surface area (Å²) >= 11 is 0. The van der Waals surface area contributed by atoms with Gasteiger partial charge in [0.15, 0.2) is 0 Å². The van der Waals surface area contributed by atoms with Crippen molar-refractivity contribution in [3.8, 4) is 0 Å². The van der Waals surface area contributed by atoms with E-state index in [1.54, 1.807) is 12.1 Å². The molecule has 0 atom stereocenters. The number of rotatable bonds is 5. The Bertz CT molecular complexity index is 634. The summed E-state index contributed by atoms with van der Waals surface area (Å²) < 4.78 is 5.36. The van der Waals surface area contributed by atoms with E-state index >= 15 is 0 Å². The van der Waals surface area contributed by atoms with Gasteiger partial charge in [0.05, 0.1) is 4.92 Å². The Morgan fingerprint density at radius 2 is 2.05 bits per heavy atom. The maximum absolute atomic E-state index is 11.8. The first-order valence-electron chi connectivity index (χ1n) is 6.15. The Morgan fingerprint density at radius 3 is 2.70 bits per heavy atom. The number of nitrogens with zero attached hydrogens (tertiary/aromatic N) is 1. The zero-order chi connectivity index (χ0) is 14.5. The van der Waals surface area contributed by atoms with Crippen LogP contribution >= 0.6 is 0 Å². The van der Waals surface area contributed by atoms with Gasteiger partial charge in [0, 0.05) is 18.9 Å². The van der Waals surface area contributed by atoms with Gasteiger partial charge in [-0.2, -0.15) is 0 Å². The van der Waals surface area contributed by atoms with Gasteiger partial charge in [-0.25, -0.2) is 0 Å². The van der Waals surface area contributed by atoms with E-state index in [-0.39, 0.29) is 23.7 Å². The van der Waals surface area contributed by atoms with E-state index in [0.717, 1.165) is 11.5 Å². The maximum Gasteiger partial charge on any atom is 0.292 e. The third-order valence-corrected chi connectivity index (χ3v) is 2.77. The molecule has 1 aromatic carbocycles. The Hall–Kier alpha value is -2.63. The first-order chi connectivity index (χ1) is 9.56. The van der Waals surface area contributed by atoms with Crippen LogP contribution in [-0.2, 0) is 11.2 Å². The van der Waals surface area contributed by atoms with Crippen LogP contribution in [0.2, 0.25) is 0 Å². The molecule has 0 aliphatic heterocycles. The highest BCUT2D eigenvalue weighted by Crippen LogP contribution is 2.23. The minimum absolute atomic E-state index is 0.116. The van der Waals surface area contributed by atoms with Gasteiger partial charge in [-0.3, -0.25) is 14.9 Å². The Morgan fingerprint density at radius 1 is 1.30 bits per heavy atom. The minimum Gasteiger partial charge on any atom is -0.466 e. The molecule has 0 aliphatic carbocycles. The number of furan rings is 1. The van der Waals surface area contributed by atoms with Gasteiger partial charge in [-0.1, -0.05) is 12.1 Å². The molecule has 1 aromatic heterocycles. The fraction of sp³-hybridized carbons (Fsp3) is 0.214. The normalized spacial score (nSPS) is 10.2. The van der Waals surface area contributed by atoms with Crippen LogP contribution in [-0.4, -0.2) is 10.8 Å². The molecule has 0 saturated heterocycles. The number of para-hydroxylation sites is 2. The fourth-order valence-electron chi connectivity index (χ4n) is 1.81. The van der Waals surface area contributed by atoms with Crippen LogP contribution < -0.4 is 5.32 Å². The molecule has 0 radical (unpaired) electrons. The van der Waals surface area contributed by atoms with Crippen molar-refractivity contribution in [3.63, 3.8) is 0 Å². The number of benzene rings is 1. The van der Waals surface area contributed by atoms with Gasteiger partial charge in [0.1, 0.15) is 17.2 Å². The topological polar surface area (TPSA) is 85.4 Å². The Kier molecular flexibility index (Phi) is 4.14. The summed E-state index contributed by atoms with van der Waals surface area (Å²) in [7, 11) is 0. The van der Waals surface area contributed by atoms with E-state index in [1.807, 2.05) is 19.1 Å². The third kappa shape index (κ3) is 3.44. The smallest absolute Gasteiger partial charge is 0.292 e. The lowest BCUT2D eigenvalue weighted by atomic mass is 10.2. The molecular formula is C14H14N2O4. The number of hydrogen-bond donors (Lipinski definition) is 1.